The molecule has 0 unspecified atom stereocenters. The van der Waals surface area contributed by atoms with Crippen LogP contribution in [0.5, 0.6) is 0 Å². The average Bonchev–Trinajstić information content (AvgIpc) is 3.51. The number of hydrogen-bond acceptors (Lipinski definition) is 3. The molecule has 0 aliphatic heterocycles. The summed E-state index contributed by atoms with van der Waals surface area (Å²) in [7, 11) is 0. The zero-order chi connectivity index (χ0) is 25.9. The SMILES string of the molecule is CC1([C@H](NC(=O)[C@H]2CC[C@@H](NC(=O)[C@H](N)Cc3ccccc3)C2)c2c(F)ccc(Cl)c2Cl)CCCC1. The molecule has 0 heterocycles. The van der Waals surface area contributed by atoms with Crippen molar-refractivity contribution in [2.24, 2.45) is 17.1 Å². The summed E-state index contributed by atoms with van der Waals surface area (Å²) in [6.07, 6.45) is 6.06. The average molecular weight is 535 g/mol. The first kappa shape index (κ1) is 26.9. The molecule has 0 bridgehead atoms. The van der Waals surface area contributed by atoms with E-state index in [1.165, 1.54) is 12.1 Å². The first-order chi connectivity index (χ1) is 17.2. The minimum atomic E-state index is -0.653. The lowest BCUT2D eigenvalue weighted by molar-refractivity contribution is -0.127. The van der Waals surface area contributed by atoms with Gasteiger partial charge in [0.15, 0.2) is 0 Å². The smallest absolute Gasteiger partial charge is 0.237 e. The molecule has 4 N–H and O–H groups in total. The van der Waals surface area contributed by atoms with E-state index in [0.717, 1.165) is 31.2 Å². The molecule has 2 aromatic rings. The fourth-order valence-corrected chi connectivity index (χ4v) is 6.18. The second-order valence-electron chi connectivity index (χ2n) is 10.6. The zero-order valence-electron chi connectivity index (χ0n) is 20.5. The van der Waals surface area contributed by atoms with Crippen LogP contribution in [0.4, 0.5) is 4.39 Å². The third kappa shape index (κ3) is 6.04. The second kappa shape index (κ2) is 11.5. The minimum Gasteiger partial charge on any atom is -0.352 e. The molecule has 2 aliphatic rings. The van der Waals surface area contributed by atoms with Gasteiger partial charge in [-0.1, -0.05) is 73.3 Å². The van der Waals surface area contributed by atoms with Crippen molar-refractivity contribution in [1.29, 1.82) is 0 Å². The summed E-state index contributed by atoms with van der Waals surface area (Å²) < 4.78 is 15.0. The lowest BCUT2D eigenvalue weighted by Crippen LogP contribution is -2.46. The van der Waals surface area contributed by atoms with Crippen LogP contribution < -0.4 is 16.4 Å². The van der Waals surface area contributed by atoms with E-state index in [1.54, 1.807) is 0 Å². The third-order valence-electron chi connectivity index (χ3n) is 7.88. The van der Waals surface area contributed by atoms with Crippen LogP contribution in [0.3, 0.4) is 0 Å². The first-order valence-electron chi connectivity index (χ1n) is 12.7. The van der Waals surface area contributed by atoms with Crippen molar-refractivity contribution in [3.8, 4) is 0 Å². The summed E-state index contributed by atoms with van der Waals surface area (Å²) in [5, 5.41) is 6.57. The lowest BCUT2D eigenvalue weighted by atomic mass is 9.76. The fraction of sp³-hybridized carbons (Fsp3) is 0.500. The highest BCUT2D eigenvalue weighted by Gasteiger charge is 2.43. The van der Waals surface area contributed by atoms with E-state index >= 15 is 4.39 Å². The predicted octanol–water partition coefficient (Wildman–Crippen LogP) is 5.73. The lowest BCUT2D eigenvalue weighted by Gasteiger charge is -2.36. The van der Waals surface area contributed by atoms with Gasteiger partial charge in [0.25, 0.3) is 0 Å². The van der Waals surface area contributed by atoms with Crippen molar-refractivity contribution in [1.82, 2.24) is 10.6 Å². The largest absolute Gasteiger partial charge is 0.352 e. The molecule has 2 fully saturated rings. The van der Waals surface area contributed by atoms with E-state index in [0.29, 0.717) is 25.7 Å². The molecule has 0 saturated heterocycles. The molecule has 0 radical (unpaired) electrons. The Morgan fingerprint density at radius 2 is 1.81 bits per heavy atom. The number of carbonyl (C=O) groups is 2. The van der Waals surface area contributed by atoms with Gasteiger partial charge >= 0.3 is 0 Å². The molecule has 4 atom stereocenters. The third-order valence-corrected chi connectivity index (χ3v) is 8.70. The number of rotatable bonds is 8. The van der Waals surface area contributed by atoms with Gasteiger partial charge in [-0.05, 0) is 61.6 Å². The number of amides is 2. The van der Waals surface area contributed by atoms with Crippen LogP contribution in [-0.4, -0.2) is 23.9 Å². The van der Waals surface area contributed by atoms with Gasteiger partial charge in [0.2, 0.25) is 11.8 Å². The molecule has 5 nitrogen and oxygen atoms in total. The molecule has 2 saturated carbocycles. The summed E-state index contributed by atoms with van der Waals surface area (Å²) >= 11 is 12.7. The topological polar surface area (TPSA) is 84.2 Å². The maximum absolute atomic E-state index is 15.0. The van der Waals surface area contributed by atoms with E-state index in [9.17, 15) is 9.59 Å². The number of hydrogen-bond donors (Lipinski definition) is 3. The van der Waals surface area contributed by atoms with Gasteiger partial charge in [0.05, 0.1) is 22.1 Å². The highest BCUT2D eigenvalue weighted by molar-refractivity contribution is 6.42. The van der Waals surface area contributed by atoms with Crippen LogP contribution >= 0.6 is 23.2 Å². The van der Waals surface area contributed by atoms with Crippen molar-refractivity contribution >= 4 is 35.0 Å². The van der Waals surface area contributed by atoms with Gasteiger partial charge in [0.1, 0.15) is 5.82 Å². The molecular weight excluding hydrogens is 500 g/mol. The maximum atomic E-state index is 15.0. The van der Waals surface area contributed by atoms with Gasteiger partial charge in [-0.2, -0.15) is 0 Å². The van der Waals surface area contributed by atoms with Gasteiger partial charge < -0.3 is 16.4 Å². The molecule has 2 aromatic carbocycles. The molecule has 8 heteroatoms. The van der Waals surface area contributed by atoms with Crippen molar-refractivity contribution in [2.75, 3.05) is 0 Å². The zero-order valence-corrected chi connectivity index (χ0v) is 22.0. The summed E-state index contributed by atoms with van der Waals surface area (Å²) in [5.74, 6) is -1.11. The van der Waals surface area contributed by atoms with Crippen molar-refractivity contribution in [2.45, 2.75) is 76.4 Å². The Kier molecular flexibility index (Phi) is 8.59. The molecule has 2 aliphatic carbocycles. The minimum absolute atomic E-state index is 0.123. The van der Waals surface area contributed by atoms with Crippen LogP contribution in [0.15, 0.2) is 42.5 Å². The highest BCUT2D eigenvalue weighted by Crippen LogP contribution is 2.50. The molecule has 36 heavy (non-hydrogen) atoms. The Hall–Kier alpha value is -2.15. The Balaban J connectivity index is 1.41. The Morgan fingerprint density at radius 1 is 1.11 bits per heavy atom. The standard InChI is InChI=1S/C28H34Cl2FN3O2/c1-28(13-5-6-14-28)25(23-21(31)12-11-20(29)24(23)30)34-26(35)18-9-10-19(16-18)33-27(36)22(32)15-17-7-3-2-4-8-17/h2-4,7-8,11-12,18-19,22,25H,5-6,9-10,13-16,32H2,1H3,(H,33,36)(H,34,35)/t18-,19+,22+,25+/m0/s1. The van der Waals surface area contributed by atoms with Gasteiger partial charge in [-0.3, -0.25) is 9.59 Å². The number of nitrogens with one attached hydrogen (secondary N) is 2. The fourth-order valence-electron chi connectivity index (χ4n) is 5.75. The molecule has 194 valence electrons. The predicted molar refractivity (Wildman–Crippen MR) is 141 cm³/mol. The van der Waals surface area contributed by atoms with Gasteiger partial charge in [-0.15, -0.1) is 0 Å². The number of benzene rings is 2. The first-order valence-corrected chi connectivity index (χ1v) is 13.5. The van der Waals surface area contributed by atoms with Gasteiger partial charge in [0, 0.05) is 17.5 Å². The van der Waals surface area contributed by atoms with Crippen LogP contribution in [0.1, 0.15) is 69.0 Å². The van der Waals surface area contributed by atoms with E-state index in [1.807, 2.05) is 30.3 Å². The monoisotopic (exact) mass is 533 g/mol. The number of carbonyl (C=O) groups excluding carboxylic acids is 2. The van der Waals surface area contributed by atoms with Crippen molar-refractivity contribution in [3.05, 3.63) is 69.5 Å². The van der Waals surface area contributed by atoms with E-state index in [-0.39, 0.29) is 44.8 Å². The Labute approximate surface area is 222 Å². The van der Waals surface area contributed by atoms with E-state index in [4.69, 9.17) is 28.9 Å². The molecule has 0 aromatic heterocycles. The summed E-state index contributed by atoms with van der Waals surface area (Å²) in [6.45, 7) is 2.08. The summed E-state index contributed by atoms with van der Waals surface area (Å²) in [6, 6.07) is 11.0. The number of halogens is 3. The van der Waals surface area contributed by atoms with Crippen molar-refractivity contribution < 1.29 is 14.0 Å². The molecule has 2 amide bonds. The quantitative estimate of drug-likeness (QED) is 0.379. The maximum Gasteiger partial charge on any atom is 0.237 e. The highest BCUT2D eigenvalue weighted by atomic mass is 35.5. The Bertz CT molecular complexity index is 1090. The van der Waals surface area contributed by atoms with Crippen LogP contribution in [0.25, 0.3) is 0 Å². The number of nitrogens with two attached hydrogens (primary N) is 1. The van der Waals surface area contributed by atoms with Crippen LogP contribution in [0, 0.1) is 17.2 Å². The Morgan fingerprint density at radius 3 is 2.50 bits per heavy atom. The molecule has 0 spiro atoms. The van der Waals surface area contributed by atoms with Crippen LogP contribution in [0.2, 0.25) is 10.0 Å². The van der Waals surface area contributed by atoms with E-state index in [2.05, 4.69) is 17.6 Å². The summed E-state index contributed by atoms with van der Waals surface area (Å²) in [4.78, 5) is 26.1. The summed E-state index contributed by atoms with van der Waals surface area (Å²) in [5.41, 5.74) is 7.07. The molecular formula is C28H34Cl2FN3O2. The van der Waals surface area contributed by atoms with Crippen molar-refractivity contribution in [3.63, 3.8) is 0 Å². The normalized spacial score (nSPS) is 22.7. The van der Waals surface area contributed by atoms with Gasteiger partial charge in [-0.25, -0.2) is 4.39 Å². The van der Waals surface area contributed by atoms with Crippen LogP contribution in [-0.2, 0) is 16.0 Å². The molecule has 4 rings (SSSR count). The van der Waals surface area contributed by atoms with E-state index < -0.39 is 17.9 Å². The second-order valence-corrected chi connectivity index (χ2v) is 11.4.